The van der Waals surface area contributed by atoms with Gasteiger partial charge in [0.15, 0.2) is 0 Å². The fourth-order valence-electron chi connectivity index (χ4n) is 2.77. The van der Waals surface area contributed by atoms with Crippen molar-refractivity contribution in [1.82, 2.24) is 5.32 Å². The molecule has 0 unspecified atom stereocenters. The van der Waals surface area contributed by atoms with E-state index in [9.17, 15) is 9.90 Å². The largest absolute Gasteiger partial charge is 0.389 e. The van der Waals surface area contributed by atoms with Crippen LogP contribution in [-0.2, 0) is 11.3 Å². The van der Waals surface area contributed by atoms with Crippen molar-refractivity contribution in [2.45, 2.75) is 57.6 Å². The number of aliphatic hydroxyl groups is 1. The molecule has 1 aromatic carbocycles. The van der Waals surface area contributed by atoms with Gasteiger partial charge in [0.25, 0.3) is 0 Å². The molecule has 1 aliphatic rings. The standard InChI is InChI=1S/C16H23NO2/c1-13-6-5-7-14(10-13)12-17-15(18)11-16(19)8-3-2-4-9-16/h5-7,10,19H,2-4,8-9,11-12H2,1H3,(H,17,18). The second-order valence-electron chi connectivity index (χ2n) is 5.73. The summed E-state index contributed by atoms with van der Waals surface area (Å²) >= 11 is 0. The molecule has 0 heterocycles. The number of rotatable bonds is 4. The smallest absolute Gasteiger partial charge is 0.223 e. The molecule has 0 aromatic heterocycles. The van der Waals surface area contributed by atoms with Crippen LogP contribution in [0.15, 0.2) is 24.3 Å². The van der Waals surface area contributed by atoms with Crippen molar-refractivity contribution in [3.8, 4) is 0 Å². The molecule has 1 saturated carbocycles. The molecule has 0 saturated heterocycles. The summed E-state index contributed by atoms with van der Waals surface area (Å²) in [5.74, 6) is -0.0501. The molecule has 2 N–H and O–H groups in total. The van der Waals surface area contributed by atoms with E-state index in [0.717, 1.165) is 31.2 Å². The van der Waals surface area contributed by atoms with Crippen LogP contribution in [0.5, 0.6) is 0 Å². The van der Waals surface area contributed by atoms with Crippen LogP contribution in [0, 0.1) is 6.92 Å². The Morgan fingerprint density at radius 3 is 2.74 bits per heavy atom. The molecule has 0 bridgehead atoms. The zero-order valence-corrected chi connectivity index (χ0v) is 11.6. The van der Waals surface area contributed by atoms with Crippen molar-refractivity contribution in [2.24, 2.45) is 0 Å². The molecule has 1 amide bonds. The number of hydrogen-bond donors (Lipinski definition) is 2. The summed E-state index contributed by atoms with van der Waals surface area (Å²) in [6.07, 6.45) is 4.98. The molecule has 1 aliphatic carbocycles. The highest BCUT2D eigenvalue weighted by atomic mass is 16.3. The van der Waals surface area contributed by atoms with Crippen molar-refractivity contribution in [3.63, 3.8) is 0 Å². The topological polar surface area (TPSA) is 49.3 Å². The Morgan fingerprint density at radius 2 is 2.05 bits per heavy atom. The average Bonchev–Trinajstić information content (AvgIpc) is 2.37. The second kappa shape index (κ2) is 6.20. The number of nitrogens with one attached hydrogen (secondary N) is 1. The first-order chi connectivity index (χ1) is 9.07. The van der Waals surface area contributed by atoms with Gasteiger partial charge in [0.05, 0.1) is 12.0 Å². The molecule has 3 heteroatoms. The highest BCUT2D eigenvalue weighted by molar-refractivity contribution is 5.77. The Morgan fingerprint density at radius 1 is 1.32 bits per heavy atom. The first-order valence-electron chi connectivity index (χ1n) is 7.12. The van der Waals surface area contributed by atoms with E-state index in [2.05, 4.69) is 11.4 Å². The molecule has 0 spiro atoms. The van der Waals surface area contributed by atoms with Crippen molar-refractivity contribution in [3.05, 3.63) is 35.4 Å². The number of carbonyl (C=O) groups is 1. The van der Waals surface area contributed by atoms with Crippen LogP contribution in [0.4, 0.5) is 0 Å². The molecular weight excluding hydrogens is 238 g/mol. The number of hydrogen-bond acceptors (Lipinski definition) is 2. The summed E-state index contributed by atoms with van der Waals surface area (Å²) in [6, 6.07) is 8.10. The van der Waals surface area contributed by atoms with Gasteiger partial charge in [0, 0.05) is 6.54 Å². The zero-order chi connectivity index (χ0) is 13.7. The molecule has 3 nitrogen and oxygen atoms in total. The SMILES string of the molecule is Cc1cccc(CNC(=O)CC2(O)CCCCC2)c1. The Balaban J connectivity index is 1.81. The minimum Gasteiger partial charge on any atom is -0.389 e. The van der Waals surface area contributed by atoms with Gasteiger partial charge in [-0.3, -0.25) is 4.79 Å². The molecule has 0 atom stereocenters. The summed E-state index contributed by atoms with van der Waals surface area (Å²) < 4.78 is 0. The van der Waals surface area contributed by atoms with Gasteiger partial charge in [-0.1, -0.05) is 49.1 Å². The van der Waals surface area contributed by atoms with Gasteiger partial charge in [0.1, 0.15) is 0 Å². The minimum atomic E-state index is -0.769. The van der Waals surface area contributed by atoms with Crippen molar-refractivity contribution < 1.29 is 9.90 Å². The van der Waals surface area contributed by atoms with Gasteiger partial charge in [-0.05, 0) is 25.3 Å². The van der Waals surface area contributed by atoms with E-state index in [0.29, 0.717) is 6.54 Å². The molecule has 2 rings (SSSR count). The summed E-state index contributed by atoms with van der Waals surface area (Å²) in [5.41, 5.74) is 1.52. The van der Waals surface area contributed by atoms with Crippen LogP contribution in [0.2, 0.25) is 0 Å². The molecule has 104 valence electrons. The maximum absolute atomic E-state index is 11.9. The Kier molecular flexibility index (Phi) is 4.59. The van der Waals surface area contributed by atoms with Crippen molar-refractivity contribution in [1.29, 1.82) is 0 Å². The van der Waals surface area contributed by atoms with E-state index in [1.54, 1.807) is 0 Å². The predicted molar refractivity (Wildman–Crippen MR) is 75.7 cm³/mol. The first kappa shape index (κ1) is 14.1. The third-order valence-electron chi connectivity index (χ3n) is 3.85. The lowest BCUT2D eigenvalue weighted by Crippen LogP contribution is -2.38. The number of carbonyl (C=O) groups excluding carboxylic acids is 1. The molecule has 1 fully saturated rings. The average molecular weight is 261 g/mol. The van der Waals surface area contributed by atoms with Crippen LogP contribution in [0.3, 0.4) is 0 Å². The fourth-order valence-corrected chi connectivity index (χ4v) is 2.77. The number of aryl methyl sites for hydroxylation is 1. The minimum absolute atomic E-state index is 0.0501. The van der Waals surface area contributed by atoms with Gasteiger partial charge < -0.3 is 10.4 Å². The summed E-state index contributed by atoms with van der Waals surface area (Å²) in [6.45, 7) is 2.58. The Labute approximate surface area is 115 Å². The van der Waals surface area contributed by atoms with Crippen LogP contribution >= 0.6 is 0 Å². The zero-order valence-electron chi connectivity index (χ0n) is 11.6. The van der Waals surface area contributed by atoms with Crippen LogP contribution < -0.4 is 5.32 Å². The maximum atomic E-state index is 11.9. The van der Waals surface area contributed by atoms with E-state index in [1.807, 2.05) is 25.1 Å². The van der Waals surface area contributed by atoms with E-state index in [1.165, 1.54) is 12.0 Å². The molecular formula is C16H23NO2. The molecule has 1 aromatic rings. The fraction of sp³-hybridized carbons (Fsp3) is 0.562. The third kappa shape index (κ3) is 4.35. The van der Waals surface area contributed by atoms with E-state index in [-0.39, 0.29) is 12.3 Å². The first-order valence-corrected chi connectivity index (χ1v) is 7.12. The van der Waals surface area contributed by atoms with Gasteiger partial charge in [-0.2, -0.15) is 0 Å². The molecule has 19 heavy (non-hydrogen) atoms. The van der Waals surface area contributed by atoms with Crippen LogP contribution in [0.1, 0.15) is 49.7 Å². The summed E-state index contributed by atoms with van der Waals surface area (Å²) in [4.78, 5) is 11.9. The van der Waals surface area contributed by atoms with E-state index in [4.69, 9.17) is 0 Å². The van der Waals surface area contributed by atoms with Gasteiger partial charge in [0.2, 0.25) is 5.91 Å². The van der Waals surface area contributed by atoms with Gasteiger partial charge in [-0.25, -0.2) is 0 Å². The summed E-state index contributed by atoms with van der Waals surface area (Å²) in [5, 5.41) is 13.2. The second-order valence-corrected chi connectivity index (χ2v) is 5.73. The number of amides is 1. The Hall–Kier alpha value is -1.35. The van der Waals surface area contributed by atoms with Crippen molar-refractivity contribution in [2.75, 3.05) is 0 Å². The van der Waals surface area contributed by atoms with E-state index < -0.39 is 5.60 Å². The maximum Gasteiger partial charge on any atom is 0.223 e. The monoisotopic (exact) mass is 261 g/mol. The highest BCUT2D eigenvalue weighted by Crippen LogP contribution is 2.30. The molecule has 0 radical (unpaired) electrons. The lowest BCUT2D eigenvalue weighted by Gasteiger charge is -2.31. The lowest BCUT2D eigenvalue weighted by atomic mass is 9.82. The normalized spacial score (nSPS) is 18.0. The predicted octanol–water partition coefficient (Wildman–Crippen LogP) is 2.70. The Bertz CT molecular complexity index is 436. The van der Waals surface area contributed by atoms with Crippen molar-refractivity contribution >= 4 is 5.91 Å². The third-order valence-corrected chi connectivity index (χ3v) is 3.85. The molecule has 0 aliphatic heterocycles. The quantitative estimate of drug-likeness (QED) is 0.875. The van der Waals surface area contributed by atoms with Crippen LogP contribution in [-0.4, -0.2) is 16.6 Å². The highest BCUT2D eigenvalue weighted by Gasteiger charge is 2.31. The number of benzene rings is 1. The lowest BCUT2D eigenvalue weighted by molar-refractivity contribution is -0.127. The summed E-state index contributed by atoms with van der Waals surface area (Å²) in [7, 11) is 0. The van der Waals surface area contributed by atoms with Gasteiger partial charge >= 0.3 is 0 Å². The van der Waals surface area contributed by atoms with Gasteiger partial charge in [-0.15, -0.1) is 0 Å². The van der Waals surface area contributed by atoms with Crippen LogP contribution in [0.25, 0.3) is 0 Å². The van der Waals surface area contributed by atoms with E-state index >= 15 is 0 Å².